The average Bonchev–Trinajstić information content (AvgIpc) is 3.61. The summed E-state index contributed by atoms with van der Waals surface area (Å²) >= 11 is 0. The first-order valence-electron chi connectivity index (χ1n) is 13.6. The van der Waals surface area contributed by atoms with Crippen LogP contribution < -0.4 is 5.32 Å². The Balaban J connectivity index is 1.45. The fourth-order valence-corrected chi connectivity index (χ4v) is 6.39. The van der Waals surface area contributed by atoms with E-state index in [1.54, 1.807) is 0 Å². The molecule has 2 atom stereocenters. The van der Waals surface area contributed by atoms with E-state index in [1.165, 1.54) is 12.8 Å². The van der Waals surface area contributed by atoms with Crippen LogP contribution in [-0.4, -0.2) is 56.7 Å². The zero-order chi connectivity index (χ0) is 24.7. The van der Waals surface area contributed by atoms with E-state index >= 15 is 0 Å². The monoisotopic (exact) mass is 488 g/mol. The molecular formula is C29H36N4O3. The fraction of sp³-hybridized carbons (Fsp3) is 0.517. The van der Waals surface area contributed by atoms with Gasteiger partial charge < -0.3 is 24.1 Å². The topological polar surface area (TPSA) is 68.5 Å². The van der Waals surface area contributed by atoms with Gasteiger partial charge in [-0.05, 0) is 50.8 Å². The molecule has 0 radical (unpaired) electrons. The normalized spacial score (nSPS) is 25.2. The number of benzene rings is 1. The lowest BCUT2D eigenvalue weighted by molar-refractivity contribution is -0.134. The SMILES string of the molecule is CC1(C(=O)NC2CCCCCC2)Cn2c(c(-n3cccc3)c3ccccc32)C(=O)N1CC1CCCO1. The largest absolute Gasteiger partial charge is 0.376 e. The van der Waals surface area contributed by atoms with E-state index in [-0.39, 0.29) is 24.0 Å². The van der Waals surface area contributed by atoms with Gasteiger partial charge in [0.2, 0.25) is 5.91 Å². The molecule has 1 saturated carbocycles. The second kappa shape index (κ2) is 9.43. The van der Waals surface area contributed by atoms with Crippen LogP contribution in [0.2, 0.25) is 0 Å². The summed E-state index contributed by atoms with van der Waals surface area (Å²) in [5.41, 5.74) is 1.50. The first-order valence-corrected chi connectivity index (χ1v) is 13.6. The van der Waals surface area contributed by atoms with E-state index in [2.05, 4.69) is 22.0 Å². The molecule has 4 heterocycles. The van der Waals surface area contributed by atoms with Crippen molar-refractivity contribution in [2.75, 3.05) is 13.2 Å². The van der Waals surface area contributed by atoms with Gasteiger partial charge in [0.1, 0.15) is 11.2 Å². The fourth-order valence-electron chi connectivity index (χ4n) is 6.39. The molecule has 0 bridgehead atoms. The zero-order valence-electron chi connectivity index (χ0n) is 21.1. The van der Waals surface area contributed by atoms with E-state index in [0.717, 1.165) is 55.1 Å². The molecule has 2 aliphatic heterocycles. The van der Waals surface area contributed by atoms with Gasteiger partial charge >= 0.3 is 0 Å². The van der Waals surface area contributed by atoms with Crippen molar-refractivity contribution < 1.29 is 14.3 Å². The highest BCUT2D eigenvalue weighted by Crippen LogP contribution is 2.38. The number of ether oxygens (including phenoxy) is 1. The standard InChI is InChI=1S/C29H36N4O3/c1-29(28(35)30-21-11-4-2-3-5-12-21)20-32-24-15-7-6-14-23(24)25(31-16-8-9-17-31)26(32)27(34)33(29)19-22-13-10-18-36-22/h6-9,14-17,21-22H,2-5,10-13,18-20H2,1H3,(H,30,35). The summed E-state index contributed by atoms with van der Waals surface area (Å²) in [5, 5.41) is 4.38. The molecule has 2 fully saturated rings. The predicted octanol–water partition coefficient (Wildman–Crippen LogP) is 4.66. The molecule has 2 unspecified atom stereocenters. The molecule has 190 valence electrons. The third-order valence-electron chi connectivity index (χ3n) is 8.41. The summed E-state index contributed by atoms with van der Waals surface area (Å²) < 4.78 is 10.0. The van der Waals surface area contributed by atoms with Gasteiger partial charge in [-0.1, -0.05) is 43.9 Å². The second-order valence-corrected chi connectivity index (χ2v) is 10.9. The van der Waals surface area contributed by atoms with Crippen LogP contribution in [0.1, 0.15) is 68.8 Å². The number of carbonyl (C=O) groups is 2. The highest BCUT2D eigenvalue weighted by atomic mass is 16.5. The lowest BCUT2D eigenvalue weighted by Crippen LogP contribution is -2.66. The van der Waals surface area contributed by atoms with Gasteiger partial charge in [0, 0.05) is 37.0 Å². The van der Waals surface area contributed by atoms with Gasteiger partial charge in [0.05, 0.1) is 23.9 Å². The summed E-state index contributed by atoms with van der Waals surface area (Å²) in [6.45, 7) is 3.51. The lowest BCUT2D eigenvalue weighted by Gasteiger charge is -2.45. The summed E-state index contributed by atoms with van der Waals surface area (Å²) in [4.78, 5) is 30.3. The molecule has 1 aromatic carbocycles. The predicted molar refractivity (Wildman–Crippen MR) is 139 cm³/mol. The van der Waals surface area contributed by atoms with E-state index < -0.39 is 5.54 Å². The smallest absolute Gasteiger partial charge is 0.273 e. The molecule has 1 aliphatic carbocycles. The minimum absolute atomic E-state index is 0.0371. The maximum atomic E-state index is 14.4. The van der Waals surface area contributed by atoms with Crippen molar-refractivity contribution in [2.24, 2.45) is 0 Å². The van der Waals surface area contributed by atoms with Gasteiger partial charge in [-0.25, -0.2) is 0 Å². The molecule has 2 aromatic heterocycles. The van der Waals surface area contributed by atoms with Crippen LogP contribution in [-0.2, 0) is 16.1 Å². The summed E-state index contributed by atoms with van der Waals surface area (Å²) in [6.07, 6.45) is 12.6. The number of hydrogen-bond acceptors (Lipinski definition) is 3. The Morgan fingerprint density at radius 1 is 1.03 bits per heavy atom. The van der Waals surface area contributed by atoms with Crippen molar-refractivity contribution >= 4 is 22.7 Å². The third kappa shape index (κ3) is 3.94. The quantitative estimate of drug-likeness (QED) is 0.531. The van der Waals surface area contributed by atoms with Crippen molar-refractivity contribution in [1.82, 2.24) is 19.4 Å². The van der Waals surface area contributed by atoms with Crippen LogP contribution in [0, 0.1) is 0 Å². The van der Waals surface area contributed by atoms with E-state index in [9.17, 15) is 9.59 Å². The molecule has 1 saturated heterocycles. The minimum atomic E-state index is -1.00. The Morgan fingerprint density at radius 3 is 2.50 bits per heavy atom. The van der Waals surface area contributed by atoms with Gasteiger partial charge in [-0.15, -0.1) is 0 Å². The molecule has 3 aromatic rings. The van der Waals surface area contributed by atoms with Crippen LogP contribution in [0.3, 0.4) is 0 Å². The number of nitrogens with one attached hydrogen (secondary N) is 1. The summed E-state index contributed by atoms with van der Waals surface area (Å²) in [6, 6.07) is 12.3. The Bertz CT molecular complexity index is 1250. The van der Waals surface area contributed by atoms with E-state index in [1.807, 2.05) is 53.0 Å². The molecule has 6 rings (SSSR count). The molecule has 1 N–H and O–H groups in total. The van der Waals surface area contributed by atoms with Crippen molar-refractivity contribution in [3.63, 3.8) is 0 Å². The van der Waals surface area contributed by atoms with Gasteiger partial charge in [-0.3, -0.25) is 9.59 Å². The highest BCUT2D eigenvalue weighted by Gasteiger charge is 2.50. The Kier molecular flexibility index (Phi) is 6.12. The Morgan fingerprint density at radius 2 is 1.78 bits per heavy atom. The van der Waals surface area contributed by atoms with Gasteiger partial charge in [-0.2, -0.15) is 0 Å². The van der Waals surface area contributed by atoms with Crippen LogP contribution in [0.4, 0.5) is 0 Å². The van der Waals surface area contributed by atoms with Crippen LogP contribution in [0.5, 0.6) is 0 Å². The van der Waals surface area contributed by atoms with Crippen molar-refractivity contribution in [1.29, 1.82) is 0 Å². The zero-order valence-corrected chi connectivity index (χ0v) is 21.1. The number of hydrogen-bond donors (Lipinski definition) is 1. The van der Waals surface area contributed by atoms with Crippen molar-refractivity contribution in [3.8, 4) is 5.69 Å². The first kappa shape index (κ1) is 23.3. The van der Waals surface area contributed by atoms with Gasteiger partial charge in [0.15, 0.2) is 0 Å². The maximum Gasteiger partial charge on any atom is 0.273 e. The summed E-state index contributed by atoms with van der Waals surface area (Å²) in [5.74, 6) is -0.151. The number of nitrogens with zero attached hydrogens (tertiary/aromatic N) is 3. The number of carbonyl (C=O) groups excluding carboxylic acids is 2. The number of para-hydroxylation sites is 1. The lowest BCUT2D eigenvalue weighted by atomic mass is 9.92. The average molecular weight is 489 g/mol. The third-order valence-corrected chi connectivity index (χ3v) is 8.41. The molecule has 0 spiro atoms. The molecule has 36 heavy (non-hydrogen) atoms. The highest BCUT2D eigenvalue weighted by molar-refractivity contribution is 6.09. The molecular weight excluding hydrogens is 452 g/mol. The number of rotatable bonds is 5. The second-order valence-electron chi connectivity index (χ2n) is 10.9. The maximum absolute atomic E-state index is 14.4. The van der Waals surface area contributed by atoms with Crippen LogP contribution in [0.25, 0.3) is 16.6 Å². The number of aromatic nitrogens is 2. The van der Waals surface area contributed by atoms with E-state index in [4.69, 9.17) is 4.74 Å². The Labute approximate surface area is 212 Å². The Hall–Kier alpha value is -3.06. The van der Waals surface area contributed by atoms with E-state index in [0.29, 0.717) is 25.4 Å². The van der Waals surface area contributed by atoms with Crippen LogP contribution in [0.15, 0.2) is 48.8 Å². The number of fused-ring (bicyclic) bond motifs is 3. The molecule has 7 heteroatoms. The number of amides is 2. The van der Waals surface area contributed by atoms with Gasteiger partial charge in [0.25, 0.3) is 5.91 Å². The van der Waals surface area contributed by atoms with Crippen molar-refractivity contribution in [3.05, 3.63) is 54.5 Å². The molecule has 7 nitrogen and oxygen atoms in total. The van der Waals surface area contributed by atoms with Crippen LogP contribution >= 0.6 is 0 Å². The van der Waals surface area contributed by atoms with Crippen molar-refractivity contribution in [2.45, 2.75) is 82.5 Å². The molecule has 2 amide bonds. The molecule has 3 aliphatic rings. The first-order chi connectivity index (χ1) is 17.6. The minimum Gasteiger partial charge on any atom is -0.376 e. The summed E-state index contributed by atoms with van der Waals surface area (Å²) in [7, 11) is 0.